The number of hydrogen-bond donors (Lipinski definition) is 1. The van der Waals surface area contributed by atoms with Gasteiger partial charge in [-0.3, -0.25) is 0 Å². The van der Waals surface area contributed by atoms with Crippen LogP contribution in [0.5, 0.6) is 5.75 Å². The number of fused-ring (bicyclic) bond motifs is 1. The Kier molecular flexibility index (Phi) is 4.75. The van der Waals surface area contributed by atoms with Crippen LogP contribution < -0.4 is 10.4 Å². The quantitative estimate of drug-likeness (QED) is 0.856. The zero-order chi connectivity index (χ0) is 15.4. The summed E-state index contributed by atoms with van der Waals surface area (Å²) in [5, 5.41) is 10.9. The van der Waals surface area contributed by atoms with Crippen LogP contribution in [0, 0.1) is 0 Å². The molecule has 1 N–H and O–H groups in total. The van der Waals surface area contributed by atoms with Crippen LogP contribution in [0.25, 0.3) is 11.0 Å². The van der Waals surface area contributed by atoms with Crippen molar-refractivity contribution in [3.8, 4) is 5.75 Å². The molecule has 22 heavy (non-hydrogen) atoms. The van der Waals surface area contributed by atoms with E-state index in [0.717, 1.165) is 18.5 Å². The van der Waals surface area contributed by atoms with Crippen molar-refractivity contribution >= 4 is 11.0 Å². The van der Waals surface area contributed by atoms with Gasteiger partial charge in [0.05, 0.1) is 0 Å². The average Bonchev–Trinajstić information content (AvgIpc) is 2.53. The number of benzene rings is 1. The Balaban J connectivity index is 1.57. The van der Waals surface area contributed by atoms with Crippen LogP contribution in [0.15, 0.2) is 39.5 Å². The first-order valence-corrected chi connectivity index (χ1v) is 7.78. The van der Waals surface area contributed by atoms with Gasteiger partial charge in [0.1, 0.15) is 24.0 Å². The highest BCUT2D eigenvalue weighted by Gasteiger charge is 2.15. The molecule has 5 nitrogen and oxygen atoms in total. The van der Waals surface area contributed by atoms with Crippen LogP contribution in [0.1, 0.15) is 19.3 Å². The average molecular weight is 303 g/mol. The van der Waals surface area contributed by atoms with Gasteiger partial charge in [0, 0.05) is 24.1 Å². The number of β-amino-alcohol motifs (C(OH)–C–C–N with tert-alkyl or cyclic N) is 1. The highest BCUT2D eigenvalue weighted by Crippen LogP contribution is 2.19. The number of nitrogens with zero attached hydrogens (tertiary/aromatic N) is 1. The third-order valence-electron chi connectivity index (χ3n) is 3.95. The first kappa shape index (κ1) is 15.1. The largest absolute Gasteiger partial charge is 0.491 e. The van der Waals surface area contributed by atoms with Gasteiger partial charge in [0.25, 0.3) is 0 Å². The lowest BCUT2D eigenvalue weighted by atomic mass is 10.1. The number of aliphatic hydroxyl groups excluding tert-OH is 1. The molecule has 0 amide bonds. The van der Waals surface area contributed by atoms with Crippen LogP contribution in [0.4, 0.5) is 0 Å². The third kappa shape index (κ3) is 3.87. The predicted octanol–water partition coefficient (Wildman–Crippen LogP) is 2.02. The van der Waals surface area contributed by atoms with E-state index >= 15 is 0 Å². The van der Waals surface area contributed by atoms with Gasteiger partial charge >= 0.3 is 5.63 Å². The van der Waals surface area contributed by atoms with Gasteiger partial charge < -0.3 is 19.2 Å². The number of ether oxygens (including phenoxy) is 1. The van der Waals surface area contributed by atoms with Crippen molar-refractivity contribution in [3.63, 3.8) is 0 Å². The van der Waals surface area contributed by atoms with E-state index in [1.165, 1.54) is 25.3 Å². The van der Waals surface area contributed by atoms with Crippen molar-refractivity contribution in [3.05, 3.63) is 40.8 Å². The maximum Gasteiger partial charge on any atom is 0.336 e. The molecular weight excluding hydrogens is 282 g/mol. The highest BCUT2D eigenvalue weighted by molar-refractivity contribution is 5.77. The summed E-state index contributed by atoms with van der Waals surface area (Å²) in [4.78, 5) is 13.5. The lowest BCUT2D eigenvalue weighted by molar-refractivity contribution is 0.0617. The maximum atomic E-state index is 11.2. The summed E-state index contributed by atoms with van der Waals surface area (Å²) in [6.45, 7) is 2.98. The Morgan fingerprint density at radius 1 is 1.18 bits per heavy atom. The van der Waals surface area contributed by atoms with Gasteiger partial charge in [-0.1, -0.05) is 6.42 Å². The number of aliphatic hydroxyl groups is 1. The van der Waals surface area contributed by atoms with Gasteiger partial charge in [0.15, 0.2) is 0 Å². The lowest BCUT2D eigenvalue weighted by Crippen LogP contribution is -2.38. The number of rotatable bonds is 5. The zero-order valence-electron chi connectivity index (χ0n) is 12.5. The molecular formula is C17H21NO4. The first-order chi connectivity index (χ1) is 10.7. The number of piperidine rings is 1. The summed E-state index contributed by atoms with van der Waals surface area (Å²) in [6, 6.07) is 8.45. The first-order valence-electron chi connectivity index (χ1n) is 7.78. The molecule has 0 bridgehead atoms. The van der Waals surface area contributed by atoms with E-state index in [2.05, 4.69) is 4.90 Å². The molecule has 0 aliphatic carbocycles. The van der Waals surface area contributed by atoms with E-state index < -0.39 is 6.10 Å². The second-order valence-electron chi connectivity index (χ2n) is 5.78. The molecule has 1 aromatic heterocycles. The fourth-order valence-corrected chi connectivity index (χ4v) is 2.82. The van der Waals surface area contributed by atoms with Crippen molar-refractivity contribution in [2.75, 3.05) is 26.2 Å². The Labute approximate surface area is 129 Å². The molecule has 1 fully saturated rings. The Hall–Kier alpha value is -1.85. The normalized spacial score (nSPS) is 17.5. The van der Waals surface area contributed by atoms with Crippen LogP contribution in [0.3, 0.4) is 0 Å². The SMILES string of the molecule is O=c1ccc2ccc(OC[C@@H](O)CN3CCCCC3)cc2o1. The summed E-state index contributed by atoms with van der Waals surface area (Å²) >= 11 is 0. The molecule has 0 saturated carbocycles. The van der Waals surface area contributed by atoms with Crippen molar-refractivity contribution < 1.29 is 14.3 Å². The topological polar surface area (TPSA) is 62.9 Å². The van der Waals surface area contributed by atoms with Gasteiger partial charge in [-0.2, -0.15) is 0 Å². The molecule has 1 aliphatic heterocycles. The van der Waals surface area contributed by atoms with E-state index in [0.29, 0.717) is 17.9 Å². The monoisotopic (exact) mass is 303 g/mol. The van der Waals surface area contributed by atoms with Crippen molar-refractivity contribution in [1.82, 2.24) is 4.90 Å². The predicted molar refractivity (Wildman–Crippen MR) is 84.3 cm³/mol. The minimum atomic E-state index is -0.517. The molecule has 0 radical (unpaired) electrons. The molecule has 2 heterocycles. The van der Waals surface area contributed by atoms with Crippen LogP contribution in [-0.2, 0) is 0 Å². The van der Waals surface area contributed by atoms with Gasteiger partial charge in [-0.25, -0.2) is 4.79 Å². The molecule has 0 unspecified atom stereocenters. The summed E-state index contributed by atoms with van der Waals surface area (Å²) in [6.07, 6.45) is 3.18. The van der Waals surface area contributed by atoms with E-state index in [9.17, 15) is 9.90 Å². The summed E-state index contributed by atoms with van der Waals surface area (Å²) in [7, 11) is 0. The standard InChI is InChI=1S/C17H21NO4/c19-14(11-18-8-2-1-3-9-18)12-21-15-6-4-13-5-7-17(20)22-16(13)10-15/h4-7,10,14,19H,1-3,8-9,11-12H2/t14-/m0/s1. The van der Waals surface area contributed by atoms with Crippen molar-refractivity contribution in [1.29, 1.82) is 0 Å². The van der Waals surface area contributed by atoms with Crippen LogP contribution in [-0.4, -0.2) is 42.4 Å². The summed E-state index contributed by atoms with van der Waals surface area (Å²) in [5.74, 6) is 0.597. The molecule has 1 aliphatic rings. The molecule has 0 spiro atoms. The van der Waals surface area contributed by atoms with E-state index in [1.807, 2.05) is 12.1 Å². The lowest BCUT2D eigenvalue weighted by Gasteiger charge is -2.28. The minimum absolute atomic E-state index is 0.235. The van der Waals surface area contributed by atoms with Crippen LogP contribution >= 0.6 is 0 Å². The van der Waals surface area contributed by atoms with Crippen molar-refractivity contribution in [2.24, 2.45) is 0 Å². The highest BCUT2D eigenvalue weighted by atomic mass is 16.5. The van der Waals surface area contributed by atoms with E-state index in [4.69, 9.17) is 9.15 Å². The van der Waals surface area contributed by atoms with E-state index in [1.54, 1.807) is 12.1 Å². The maximum absolute atomic E-state index is 11.2. The smallest absolute Gasteiger partial charge is 0.336 e. The van der Waals surface area contributed by atoms with Gasteiger partial charge in [-0.05, 0) is 44.1 Å². The zero-order valence-corrected chi connectivity index (χ0v) is 12.5. The molecule has 1 saturated heterocycles. The molecule has 5 heteroatoms. The second kappa shape index (κ2) is 6.94. The number of likely N-dealkylation sites (tertiary alicyclic amines) is 1. The van der Waals surface area contributed by atoms with Crippen molar-refractivity contribution in [2.45, 2.75) is 25.4 Å². The van der Waals surface area contributed by atoms with Gasteiger partial charge in [0.2, 0.25) is 0 Å². The molecule has 118 valence electrons. The minimum Gasteiger partial charge on any atom is -0.491 e. The van der Waals surface area contributed by atoms with E-state index in [-0.39, 0.29) is 12.2 Å². The molecule has 1 atom stereocenters. The Bertz CT molecular complexity index is 676. The summed E-state index contributed by atoms with van der Waals surface area (Å²) < 4.78 is 10.7. The molecule has 1 aromatic carbocycles. The third-order valence-corrected chi connectivity index (χ3v) is 3.95. The fourth-order valence-electron chi connectivity index (χ4n) is 2.82. The Morgan fingerprint density at radius 3 is 2.77 bits per heavy atom. The Morgan fingerprint density at radius 2 is 1.95 bits per heavy atom. The number of hydrogen-bond acceptors (Lipinski definition) is 5. The molecule has 2 aromatic rings. The fraction of sp³-hybridized carbons (Fsp3) is 0.471. The van der Waals surface area contributed by atoms with Crippen LogP contribution in [0.2, 0.25) is 0 Å². The second-order valence-corrected chi connectivity index (χ2v) is 5.78. The summed E-state index contributed by atoms with van der Waals surface area (Å²) in [5.41, 5.74) is 0.116. The van der Waals surface area contributed by atoms with Gasteiger partial charge in [-0.15, -0.1) is 0 Å². The molecule has 3 rings (SSSR count).